The normalized spacial score (nSPS) is 19.5. The lowest BCUT2D eigenvalue weighted by Crippen LogP contribution is -3.13. The molecule has 0 unspecified atom stereocenters. The van der Waals surface area contributed by atoms with Crippen LogP contribution in [-0.4, -0.2) is 58.0 Å². The lowest BCUT2D eigenvalue weighted by molar-refractivity contribution is -0.892. The molecule has 8 heteroatoms. The van der Waals surface area contributed by atoms with Crippen molar-refractivity contribution in [3.8, 4) is 5.75 Å². The third-order valence-corrected chi connectivity index (χ3v) is 7.60. The van der Waals surface area contributed by atoms with E-state index in [0.717, 1.165) is 38.8 Å². The van der Waals surface area contributed by atoms with Gasteiger partial charge in [0, 0.05) is 18.8 Å². The number of nitrogens with one attached hydrogen (secondary N) is 2. The molecule has 0 spiro atoms. The number of carbonyl (C=O) groups excluding carboxylic acids is 1. The van der Waals surface area contributed by atoms with E-state index in [9.17, 15) is 13.2 Å². The molecule has 1 amide bonds. The van der Waals surface area contributed by atoms with Crippen molar-refractivity contribution in [3.63, 3.8) is 0 Å². The van der Waals surface area contributed by atoms with Gasteiger partial charge in [-0.25, -0.2) is 8.42 Å². The molecule has 2 fully saturated rings. The Labute approximate surface area is 174 Å². The van der Waals surface area contributed by atoms with Gasteiger partial charge in [0.15, 0.2) is 6.54 Å². The minimum absolute atomic E-state index is 0.0748. The van der Waals surface area contributed by atoms with Crippen LogP contribution in [0.2, 0.25) is 0 Å². The Hall–Kier alpha value is -1.64. The van der Waals surface area contributed by atoms with E-state index in [1.165, 1.54) is 28.5 Å². The number of benzene rings is 1. The molecule has 3 rings (SSSR count). The van der Waals surface area contributed by atoms with Crippen molar-refractivity contribution in [2.75, 3.05) is 44.6 Å². The quantitative estimate of drug-likeness (QED) is 0.698. The second kappa shape index (κ2) is 10.4. The molecular weight excluding hydrogens is 390 g/mol. The van der Waals surface area contributed by atoms with E-state index < -0.39 is 10.0 Å². The largest absolute Gasteiger partial charge is 0.492 e. The van der Waals surface area contributed by atoms with Crippen molar-refractivity contribution in [1.82, 2.24) is 4.31 Å². The molecule has 2 N–H and O–H groups in total. The highest BCUT2D eigenvalue weighted by Gasteiger charge is 2.30. The van der Waals surface area contributed by atoms with Crippen LogP contribution in [0.4, 0.5) is 5.69 Å². The van der Waals surface area contributed by atoms with E-state index in [1.807, 2.05) is 6.92 Å². The van der Waals surface area contributed by atoms with Crippen molar-refractivity contribution >= 4 is 21.6 Å². The molecule has 1 aromatic rings. The van der Waals surface area contributed by atoms with Crippen LogP contribution in [-0.2, 0) is 14.8 Å². The Kier molecular flexibility index (Phi) is 7.91. The molecule has 162 valence electrons. The summed E-state index contributed by atoms with van der Waals surface area (Å²) < 4.78 is 33.2. The first-order valence-electron chi connectivity index (χ1n) is 10.9. The topological polar surface area (TPSA) is 80.1 Å². The van der Waals surface area contributed by atoms with Crippen LogP contribution in [0.15, 0.2) is 23.1 Å². The van der Waals surface area contributed by atoms with E-state index in [1.54, 1.807) is 18.2 Å². The van der Waals surface area contributed by atoms with E-state index in [-0.39, 0.29) is 10.8 Å². The van der Waals surface area contributed by atoms with Gasteiger partial charge in [0.05, 0.1) is 19.7 Å². The van der Waals surface area contributed by atoms with Crippen LogP contribution in [0.5, 0.6) is 5.75 Å². The van der Waals surface area contributed by atoms with Gasteiger partial charge in [0.1, 0.15) is 10.6 Å². The van der Waals surface area contributed by atoms with Gasteiger partial charge in [-0.15, -0.1) is 0 Å². The predicted molar refractivity (Wildman–Crippen MR) is 113 cm³/mol. The molecule has 7 nitrogen and oxygen atoms in total. The van der Waals surface area contributed by atoms with Crippen molar-refractivity contribution < 1.29 is 22.8 Å². The summed E-state index contributed by atoms with van der Waals surface area (Å²) in [4.78, 5) is 14.0. The number of likely N-dealkylation sites (tertiary alicyclic amines) is 1. The summed E-state index contributed by atoms with van der Waals surface area (Å²) in [6.07, 6.45) is 7.83. The smallest absolute Gasteiger partial charge is 0.279 e. The SMILES string of the molecule is CCOc1ccc(NC(=O)C[NH+]2CCCCCCC2)cc1S(=O)(=O)N1CCCC1. The van der Waals surface area contributed by atoms with Crippen LogP contribution in [0, 0.1) is 0 Å². The summed E-state index contributed by atoms with van der Waals surface area (Å²) >= 11 is 0. The van der Waals surface area contributed by atoms with E-state index in [2.05, 4.69) is 5.32 Å². The molecule has 29 heavy (non-hydrogen) atoms. The molecule has 2 heterocycles. The number of amides is 1. The van der Waals surface area contributed by atoms with Gasteiger partial charge in [-0.05, 0) is 63.6 Å². The molecule has 0 radical (unpaired) electrons. The van der Waals surface area contributed by atoms with Gasteiger partial charge in [-0.1, -0.05) is 6.42 Å². The molecule has 0 saturated carbocycles. The van der Waals surface area contributed by atoms with E-state index in [4.69, 9.17) is 4.74 Å². The van der Waals surface area contributed by atoms with Gasteiger partial charge < -0.3 is 15.0 Å². The lowest BCUT2D eigenvalue weighted by Gasteiger charge is -2.21. The Balaban J connectivity index is 1.73. The second-order valence-corrected chi connectivity index (χ2v) is 9.85. The Morgan fingerprint density at radius 3 is 2.38 bits per heavy atom. The molecule has 2 saturated heterocycles. The van der Waals surface area contributed by atoms with Gasteiger partial charge in [-0.3, -0.25) is 4.79 Å². The van der Waals surface area contributed by atoms with Crippen LogP contribution in [0.3, 0.4) is 0 Å². The molecule has 2 aliphatic heterocycles. The fourth-order valence-corrected chi connectivity index (χ4v) is 5.82. The number of anilines is 1. The summed E-state index contributed by atoms with van der Waals surface area (Å²) in [6, 6.07) is 4.90. The summed E-state index contributed by atoms with van der Waals surface area (Å²) in [5.74, 6) is 0.265. The van der Waals surface area contributed by atoms with E-state index >= 15 is 0 Å². The number of quaternary nitrogens is 1. The second-order valence-electron chi connectivity index (χ2n) is 7.95. The van der Waals surface area contributed by atoms with Gasteiger partial charge in [0.25, 0.3) is 5.91 Å². The predicted octanol–water partition coefficient (Wildman–Crippen LogP) is 1.66. The maximum atomic E-state index is 13.1. The highest BCUT2D eigenvalue weighted by Crippen LogP contribution is 2.31. The monoisotopic (exact) mass is 424 g/mol. The Morgan fingerprint density at radius 1 is 1.07 bits per heavy atom. The van der Waals surface area contributed by atoms with Crippen molar-refractivity contribution in [3.05, 3.63) is 18.2 Å². The highest BCUT2D eigenvalue weighted by atomic mass is 32.2. The van der Waals surface area contributed by atoms with Gasteiger partial charge in [0.2, 0.25) is 10.0 Å². The van der Waals surface area contributed by atoms with Crippen molar-refractivity contribution in [2.24, 2.45) is 0 Å². The molecule has 0 atom stereocenters. The minimum atomic E-state index is -3.63. The molecule has 1 aromatic carbocycles. The van der Waals surface area contributed by atoms with Crippen molar-refractivity contribution in [1.29, 1.82) is 0 Å². The van der Waals surface area contributed by atoms with Crippen LogP contribution < -0.4 is 15.0 Å². The third kappa shape index (κ3) is 5.93. The standard InChI is InChI=1S/C21H33N3O4S/c1-2-28-19-11-10-18(16-20(19)29(26,27)24-14-8-9-15-24)22-21(25)17-23-12-6-4-3-5-7-13-23/h10-11,16H,2-9,12-15,17H2,1H3,(H,22,25)/p+1. The van der Waals surface area contributed by atoms with E-state index in [0.29, 0.717) is 37.7 Å². The molecule has 0 bridgehead atoms. The number of sulfonamides is 1. The number of hydrogen-bond donors (Lipinski definition) is 2. The van der Waals surface area contributed by atoms with Crippen molar-refractivity contribution in [2.45, 2.75) is 56.8 Å². The minimum Gasteiger partial charge on any atom is -0.492 e. The number of nitrogens with zero attached hydrogens (tertiary/aromatic N) is 1. The van der Waals surface area contributed by atoms with Gasteiger partial charge >= 0.3 is 0 Å². The molecule has 0 aromatic heterocycles. The van der Waals surface area contributed by atoms with Crippen LogP contribution in [0.1, 0.15) is 51.9 Å². The number of ether oxygens (including phenoxy) is 1. The van der Waals surface area contributed by atoms with Gasteiger partial charge in [-0.2, -0.15) is 4.31 Å². The Morgan fingerprint density at radius 2 is 1.72 bits per heavy atom. The zero-order valence-corrected chi connectivity index (χ0v) is 18.2. The molecule has 0 aliphatic carbocycles. The highest BCUT2D eigenvalue weighted by molar-refractivity contribution is 7.89. The fourth-order valence-electron chi connectivity index (χ4n) is 4.14. The zero-order chi connectivity index (χ0) is 20.7. The fraction of sp³-hybridized carbons (Fsp3) is 0.667. The summed E-state index contributed by atoms with van der Waals surface area (Å²) in [5.41, 5.74) is 0.502. The number of hydrogen-bond acceptors (Lipinski definition) is 4. The number of carbonyl (C=O) groups is 1. The first kappa shape index (κ1) is 22.1. The van der Waals surface area contributed by atoms with Crippen LogP contribution in [0.25, 0.3) is 0 Å². The first-order chi connectivity index (χ1) is 14.0. The van der Waals surface area contributed by atoms with Crippen LogP contribution >= 0.6 is 0 Å². The lowest BCUT2D eigenvalue weighted by atomic mass is 10.1. The average Bonchev–Trinajstić information content (AvgIpc) is 3.21. The maximum absolute atomic E-state index is 13.1. The summed E-state index contributed by atoms with van der Waals surface area (Å²) in [7, 11) is -3.63. The summed E-state index contributed by atoms with van der Waals surface area (Å²) in [6.45, 7) is 5.73. The average molecular weight is 425 g/mol. The third-order valence-electron chi connectivity index (χ3n) is 5.68. The Bertz CT molecular complexity index is 783. The summed E-state index contributed by atoms with van der Waals surface area (Å²) in [5, 5.41) is 2.90. The zero-order valence-electron chi connectivity index (χ0n) is 17.4. The number of rotatable bonds is 7. The first-order valence-corrected chi connectivity index (χ1v) is 12.3. The maximum Gasteiger partial charge on any atom is 0.279 e. The molecular formula is C21H34N3O4S+. The molecule has 2 aliphatic rings.